The van der Waals surface area contributed by atoms with Crippen molar-refractivity contribution in [1.82, 2.24) is 9.13 Å². The van der Waals surface area contributed by atoms with E-state index in [1.807, 2.05) is 97.1 Å². The fourth-order valence-corrected chi connectivity index (χ4v) is 10.8. The number of halogens is 2. The Labute approximate surface area is 522 Å². The third-order valence-electron chi connectivity index (χ3n) is 15.1. The number of aromatic nitrogens is 2. The van der Waals surface area contributed by atoms with E-state index < -0.39 is 35.7 Å². The summed E-state index contributed by atoms with van der Waals surface area (Å²) in [5.41, 5.74) is 8.17. The molecule has 87 heavy (non-hydrogen) atoms. The van der Waals surface area contributed by atoms with Crippen LogP contribution in [0.15, 0.2) is 243 Å². The summed E-state index contributed by atoms with van der Waals surface area (Å²) in [5, 5.41) is 32.9. The van der Waals surface area contributed by atoms with Crippen molar-refractivity contribution in [1.29, 1.82) is 0 Å². The monoisotopic (exact) mass is 1170 g/mol. The van der Waals surface area contributed by atoms with Crippen molar-refractivity contribution in [3.63, 3.8) is 0 Å². The van der Waals surface area contributed by atoms with Gasteiger partial charge in [-0.25, -0.2) is 13.6 Å². The predicted molar refractivity (Wildman–Crippen MR) is 330 cm³/mol. The number of hydrogen-bond donors (Lipinski definition) is 3. The van der Waals surface area contributed by atoms with Crippen molar-refractivity contribution >= 4 is 78.5 Å². The molecule has 3 N–H and O–H groups in total. The van der Waals surface area contributed by atoms with Gasteiger partial charge in [0.2, 0.25) is 0 Å². The number of para-hydroxylation sites is 6. The van der Waals surface area contributed by atoms with Gasteiger partial charge in [-0.1, -0.05) is 121 Å². The summed E-state index contributed by atoms with van der Waals surface area (Å²) >= 11 is 0. The number of carboxylic acid groups (broad SMARTS) is 2. The molecule has 0 amide bonds. The zero-order valence-electron chi connectivity index (χ0n) is 47.4. The van der Waals surface area contributed by atoms with Crippen molar-refractivity contribution in [2.24, 2.45) is 0 Å². The smallest absolute Gasteiger partial charge is 0.548 e. The van der Waals surface area contributed by atoms with Crippen molar-refractivity contribution in [2.75, 3.05) is 23.8 Å². The summed E-state index contributed by atoms with van der Waals surface area (Å²) in [6.45, 7) is 2.28. The van der Waals surface area contributed by atoms with E-state index in [4.69, 9.17) is 9.47 Å². The maximum atomic E-state index is 13.3. The first kappa shape index (κ1) is 60.3. The number of anilines is 2. The van der Waals surface area contributed by atoms with Gasteiger partial charge in [-0.3, -0.25) is 9.59 Å². The minimum absolute atomic E-state index is 0. The molecule has 0 bridgehead atoms. The molecule has 0 unspecified atom stereocenters. The predicted octanol–water partition coefficient (Wildman–Crippen LogP) is 10.4. The molecule has 12 nitrogen and oxygen atoms in total. The normalized spacial score (nSPS) is 11.7. The Morgan fingerprint density at radius 2 is 0.747 bits per heavy atom. The van der Waals surface area contributed by atoms with E-state index in [2.05, 4.69) is 68.3 Å². The molecule has 0 spiro atoms. The molecule has 0 aliphatic carbocycles. The molecule has 0 saturated heterocycles. The Morgan fingerprint density at radius 1 is 0.425 bits per heavy atom. The minimum atomic E-state index is -1.30. The molecule has 10 aromatic carbocycles. The van der Waals surface area contributed by atoms with Crippen molar-refractivity contribution in [3.05, 3.63) is 288 Å². The molecular formula is C72H57F2N4NaO8. The number of fused-ring (bicyclic) bond motifs is 6. The minimum Gasteiger partial charge on any atom is -0.548 e. The van der Waals surface area contributed by atoms with Crippen LogP contribution in [0.1, 0.15) is 43.0 Å². The summed E-state index contributed by atoms with van der Waals surface area (Å²) in [6, 6.07) is 69.8. The number of rotatable bonds is 22. The molecule has 0 aliphatic heterocycles. The SMILES string of the molecule is O=C(c1ccc(F)cc1)c1ccccc1N[C@@H](Cc1ccc(OCCn2c3ccccc3c3ccccc32)cc1)C(=O)O.O=C(c1ccc(F)cc1)c1ccccc1N[C@@H](Cc1ccc(OCCn2c3ccccc3c3ccccc32)cc1)C(=O)[O-].[Na+]. The number of nitrogens with one attached hydrogen (secondary N) is 2. The zero-order chi connectivity index (χ0) is 59.5. The van der Waals surface area contributed by atoms with Gasteiger partial charge in [0.15, 0.2) is 11.6 Å². The zero-order valence-corrected chi connectivity index (χ0v) is 49.4. The second-order valence-electron chi connectivity index (χ2n) is 20.6. The van der Waals surface area contributed by atoms with Gasteiger partial charge < -0.3 is 44.2 Å². The van der Waals surface area contributed by atoms with Gasteiger partial charge in [-0.2, -0.15) is 0 Å². The number of carbonyl (C=O) groups excluding carboxylic acids is 3. The Morgan fingerprint density at radius 3 is 1.10 bits per heavy atom. The second kappa shape index (κ2) is 27.9. The first-order chi connectivity index (χ1) is 41.9. The topological polar surface area (TPSA) is 164 Å². The van der Waals surface area contributed by atoms with Gasteiger partial charge in [-0.15, -0.1) is 0 Å². The van der Waals surface area contributed by atoms with Crippen molar-refractivity contribution in [3.8, 4) is 11.5 Å². The third kappa shape index (κ3) is 14.1. The van der Waals surface area contributed by atoms with Crippen LogP contribution in [0, 0.1) is 11.6 Å². The van der Waals surface area contributed by atoms with E-state index >= 15 is 0 Å². The molecule has 2 heterocycles. The summed E-state index contributed by atoms with van der Waals surface area (Å²) in [4.78, 5) is 50.4. The molecule has 2 atom stereocenters. The van der Waals surface area contributed by atoms with Crippen LogP contribution in [-0.2, 0) is 35.5 Å². The van der Waals surface area contributed by atoms with Gasteiger partial charge in [0.25, 0.3) is 0 Å². The molecular weight excluding hydrogens is 1110 g/mol. The number of nitrogens with zero attached hydrogens (tertiary/aromatic N) is 2. The fraction of sp³-hybridized carbons (Fsp3) is 0.111. The van der Waals surface area contributed by atoms with Gasteiger partial charge in [-0.05, 0) is 139 Å². The van der Waals surface area contributed by atoms with E-state index in [1.54, 1.807) is 48.5 Å². The maximum absolute atomic E-state index is 13.3. The Bertz CT molecular complexity index is 4010. The summed E-state index contributed by atoms with van der Waals surface area (Å²) < 4.78 is 43.3. The molecule has 0 radical (unpaired) electrons. The number of carboxylic acids is 2. The van der Waals surface area contributed by atoms with E-state index in [-0.39, 0.29) is 59.5 Å². The van der Waals surface area contributed by atoms with Crippen LogP contribution in [-0.4, -0.2) is 63.0 Å². The van der Waals surface area contributed by atoms with E-state index in [0.29, 0.717) is 65.9 Å². The number of hydrogen-bond acceptors (Lipinski definition) is 9. The fourth-order valence-electron chi connectivity index (χ4n) is 10.8. The van der Waals surface area contributed by atoms with E-state index in [9.17, 15) is 38.2 Å². The number of aliphatic carboxylic acids is 2. The number of ketones is 2. The molecule has 12 rings (SSSR count). The van der Waals surface area contributed by atoms with Gasteiger partial charge in [0.05, 0.1) is 25.1 Å². The van der Waals surface area contributed by atoms with Crippen LogP contribution in [0.3, 0.4) is 0 Å². The van der Waals surface area contributed by atoms with E-state index in [0.717, 1.165) is 33.2 Å². The molecule has 0 fully saturated rings. The average Bonchev–Trinajstić information content (AvgIpc) is 2.12. The Kier molecular flexibility index (Phi) is 19.3. The van der Waals surface area contributed by atoms with Gasteiger partial charge in [0, 0.05) is 83.7 Å². The first-order valence-electron chi connectivity index (χ1n) is 28.1. The van der Waals surface area contributed by atoms with Crippen molar-refractivity contribution in [2.45, 2.75) is 38.0 Å². The van der Waals surface area contributed by atoms with Crippen LogP contribution < -0.4 is 54.8 Å². The first-order valence-corrected chi connectivity index (χ1v) is 28.1. The average molecular weight is 1170 g/mol. The summed E-state index contributed by atoms with van der Waals surface area (Å²) in [7, 11) is 0. The number of benzene rings is 10. The van der Waals surface area contributed by atoms with Gasteiger partial charge in [0.1, 0.15) is 42.4 Å². The second-order valence-corrected chi connectivity index (χ2v) is 20.6. The molecule has 15 heteroatoms. The van der Waals surface area contributed by atoms with Crippen LogP contribution >= 0.6 is 0 Å². The number of ether oxygens (including phenoxy) is 2. The maximum Gasteiger partial charge on any atom is 1.00 e. The molecule has 2 aromatic heterocycles. The summed E-state index contributed by atoms with van der Waals surface area (Å²) in [6.07, 6.45) is 0.319. The van der Waals surface area contributed by atoms with E-state index in [1.165, 1.54) is 70.1 Å². The van der Waals surface area contributed by atoms with Crippen LogP contribution in [0.4, 0.5) is 20.2 Å². The largest absolute Gasteiger partial charge is 1.00 e. The van der Waals surface area contributed by atoms with Crippen LogP contribution in [0.2, 0.25) is 0 Å². The third-order valence-corrected chi connectivity index (χ3v) is 15.1. The Balaban J connectivity index is 0.000000190. The Hall–Kier alpha value is -9.86. The van der Waals surface area contributed by atoms with Gasteiger partial charge >= 0.3 is 35.5 Å². The number of carbonyl (C=O) groups is 4. The molecule has 0 saturated carbocycles. The standard InChI is InChI=1S/2C36H29FN2O4.Na/c2*37-26-17-15-25(16-18-26)35(40)30-9-1-4-10-31(30)38-32(36(41)42)23-24-13-19-27(20-14-24)43-22-21-39-33-11-5-2-7-28(33)29-8-3-6-12-34(29)39;/h2*1-20,32,38H,21-23H2,(H,41,42);/q;;+1/p-1/t2*32-;/m00./s1. The van der Waals surface area contributed by atoms with Crippen LogP contribution in [0.25, 0.3) is 43.6 Å². The molecule has 0 aliphatic rings. The summed E-state index contributed by atoms with van der Waals surface area (Å²) in [5.74, 6) is -2.52. The van der Waals surface area contributed by atoms with Crippen molar-refractivity contribution < 1.29 is 77.2 Å². The molecule has 428 valence electrons. The quantitative estimate of drug-likeness (QED) is 0.0440. The molecule has 12 aromatic rings. The van der Waals surface area contributed by atoms with Crippen LogP contribution in [0.5, 0.6) is 11.5 Å².